The van der Waals surface area contributed by atoms with E-state index in [-0.39, 0.29) is 11.2 Å². The molecule has 0 fully saturated rings. The number of nitrogens with zero attached hydrogens (tertiary/aromatic N) is 2. The Balaban J connectivity index is 2.42. The van der Waals surface area contributed by atoms with Crippen LogP contribution in [-0.2, 0) is 13.5 Å². The number of hydrogen-bond acceptors (Lipinski definition) is 3. The highest BCUT2D eigenvalue weighted by Crippen LogP contribution is 2.14. The van der Waals surface area contributed by atoms with E-state index in [1.54, 1.807) is 30.2 Å². The fourth-order valence-corrected chi connectivity index (χ4v) is 1.56. The summed E-state index contributed by atoms with van der Waals surface area (Å²) in [6, 6.07) is 5.08. The quantitative estimate of drug-likeness (QED) is 0.817. The molecule has 1 N–H and O–H groups in total. The van der Waals surface area contributed by atoms with Gasteiger partial charge in [0.25, 0.3) is 0 Å². The summed E-state index contributed by atoms with van der Waals surface area (Å²) in [5, 5.41) is 9.69. The predicted octanol–water partition coefficient (Wildman–Crippen LogP) is 1.08. The van der Waals surface area contributed by atoms with Crippen LogP contribution < -0.4 is 5.43 Å². The first-order chi connectivity index (χ1) is 7.68. The van der Waals surface area contributed by atoms with Crippen LogP contribution in [0.1, 0.15) is 11.3 Å². The molecule has 0 aliphatic rings. The molecule has 16 heavy (non-hydrogen) atoms. The van der Waals surface area contributed by atoms with Gasteiger partial charge in [-0.1, -0.05) is 6.07 Å². The lowest BCUT2D eigenvalue weighted by Crippen LogP contribution is -2.10. The van der Waals surface area contributed by atoms with E-state index in [0.717, 1.165) is 5.56 Å². The molecule has 4 nitrogen and oxygen atoms in total. The number of aryl methyl sites for hydroxylation is 1. The molecular weight excluding hydrogens is 204 g/mol. The highest BCUT2D eigenvalue weighted by Gasteiger charge is 2.08. The topological polar surface area (TPSA) is 55.1 Å². The monoisotopic (exact) mass is 216 g/mol. The van der Waals surface area contributed by atoms with Crippen LogP contribution in [0.2, 0.25) is 0 Å². The van der Waals surface area contributed by atoms with Crippen LogP contribution in [0, 0.1) is 0 Å². The largest absolute Gasteiger partial charge is 0.503 e. The molecule has 2 rings (SSSR count). The maximum absolute atomic E-state index is 11.3. The van der Waals surface area contributed by atoms with Gasteiger partial charge in [0.15, 0.2) is 5.75 Å². The molecule has 4 heteroatoms. The summed E-state index contributed by atoms with van der Waals surface area (Å²) in [6.45, 7) is 0. The van der Waals surface area contributed by atoms with Crippen LogP contribution in [0.5, 0.6) is 5.75 Å². The van der Waals surface area contributed by atoms with Crippen LogP contribution in [0.3, 0.4) is 0 Å². The lowest BCUT2D eigenvalue weighted by atomic mass is 10.1. The van der Waals surface area contributed by atoms with Gasteiger partial charge < -0.3 is 9.67 Å². The summed E-state index contributed by atoms with van der Waals surface area (Å²) in [7, 11) is 1.80. The maximum atomic E-state index is 11.3. The van der Waals surface area contributed by atoms with E-state index in [1.165, 1.54) is 6.07 Å². The van der Waals surface area contributed by atoms with E-state index >= 15 is 0 Å². The molecule has 2 heterocycles. The van der Waals surface area contributed by atoms with Crippen LogP contribution in [0.25, 0.3) is 0 Å². The minimum absolute atomic E-state index is 0.186. The van der Waals surface area contributed by atoms with Crippen molar-refractivity contribution in [2.75, 3.05) is 0 Å². The first-order valence-electron chi connectivity index (χ1n) is 4.95. The number of aromatic hydroxyl groups is 1. The lowest BCUT2D eigenvalue weighted by Gasteiger charge is -2.09. The molecule has 0 saturated heterocycles. The van der Waals surface area contributed by atoms with Gasteiger partial charge in [-0.2, -0.15) is 0 Å². The Bertz CT molecular complexity index is 547. The third-order valence-electron chi connectivity index (χ3n) is 2.48. The van der Waals surface area contributed by atoms with Crippen LogP contribution in [0.15, 0.2) is 41.6 Å². The third-order valence-corrected chi connectivity index (χ3v) is 2.48. The van der Waals surface area contributed by atoms with Crippen molar-refractivity contribution >= 4 is 0 Å². The van der Waals surface area contributed by atoms with E-state index in [0.29, 0.717) is 12.1 Å². The summed E-state index contributed by atoms with van der Waals surface area (Å²) in [5.41, 5.74) is 1.21. The summed E-state index contributed by atoms with van der Waals surface area (Å²) in [6.07, 6.45) is 5.55. The minimum Gasteiger partial charge on any atom is -0.503 e. The van der Waals surface area contributed by atoms with Gasteiger partial charge in [-0.05, 0) is 11.6 Å². The first-order valence-corrected chi connectivity index (χ1v) is 4.95. The van der Waals surface area contributed by atoms with Crippen molar-refractivity contribution in [2.45, 2.75) is 6.42 Å². The van der Waals surface area contributed by atoms with Gasteiger partial charge in [0.05, 0.1) is 5.69 Å². The average molecular weight is 216 g/mol. The second-order valence-corrected chi connectivity index (χ2v) is 3.62. The number of rotatable bonds is 2. The highest BCUT2D eigenvalue weighted by molar-refractivity contribution is 5.31. The van der Waals surface area contributed by atoms with Gasteiger partial charge in [-0.15, -0.1) is 0 Å². The summed E-state index contributed by atoms with van der Waals surface area (Å²) in [5.74, 6) is -0.186. The molecule has 0 saturated carbocycles. The Labute approximate surface area is 92.8 Å². The Morgan fingerprint density at radius 2 is 2.25 bits per heavy atom. The van der Waals surface area contributed by atoms with Gasteiger partial charge in [-0.3, -0.25) is 9.78 Å². The lowest BCUT2D eigenvalue weighted by molar-refractivity contribution is 0.454. The Hall–Kier alpha value is -2.10. The molecule has 0 atom stereocenters. The molecular formula is C12H12N2O2. The predicted molar refractivity (Wildman–Crippen MR) is 60.4 cm³/mol. The van der Waals surface area contributed by atoms with Crippen molar-refractivity contribution in [1.82, 2.24) is 9.55 Å². The minimum atomic E-state index is -0.350. The average Bonchev–Trinajstić information content (AvgIpc) is 2.31. The van der Waals surface area contributed by atoms with Crippen molar-refractivity contribution < 1.29 is 5.11 Å². The number of pyridine rings is 2. The molecule has 82 valence electrons. The summed E-state index contributed by atoms with van der Waals surface area (Å²) >= 11 is 0. The second kappa shape index (κ2) is 4.18. The van der Waals surface area contributed by atoms with Gasteiger partial charge in [0.2, 0.25) is 5.43 Å². The molecule has 2 aromatic rings. The number of hydrogen-bond donors (Lipinski definition) is 1. The molecule has 0 radical (unpaired) electrons. The number of aromatic nitrogens is 2. The molecule has 0 spiro atoms. The molecule has 2 aromatic heterocycles. The van der Waals surface area contributed by atoms with Crippen LogP contribution in [-0.4, -0.2) is 14.7 Å². The van der Waals surface area contributed by atoms with E-state index in [2.05, 4.69) is 4.98 Å². The first kappa shape index (κ1) is 10.4. The fourth-order valence-electron chi connectivity index (χ4n) is 1.56. The van der Waals surface area contributed by atoms with E-state index in [1.807, 2.05) is 12.1 Å². The Morgan fingerprint density at radius 1 is 1.44 bits per heavy atom. The summed E-state index contributed by atoms with van der Waals surface area (Å²) < 4.78 is 1.74. The molecule has 0 aliphatic carbocycles. The Morgan fingerprint density at radius 3 is 2.94 bits per heavy atom. The zero-order valence-electron chi connectivity index (χ0n) is 8.92. The van der Waals surface area contributed by atoms with Crippen molar-refractivity contribution in [1.29, 1.82) is 0 Å². The standard InChI is InChI=1S/C12H12N2O2/c1-14-6-4-11(15)12(16)10(14)7-9-3-2-5-13-8-9/h2-6,8,16H,7H2,1H3. The van der Waals surface area contributed by atoms with E-state index in [4.69, 9.17) is 0 Å². The van der Waals surface area contributed by atoms with Crippen molar-refractivity contribution in [3.8, 4) is 5.75 Å². The Kier molecular flexibility index (Phi) is 2.72. The van der Waals surface area contributed by atoms with Gasteiger partial charge in [-0.25, -0.2) is 0 Å². The SMILES string of the molecule is Cn1ccc(=O)c(O)c1Cc1cccnc1. The fraction of sp³-hybridized carbons (Fsp3) is 0.167. The summed E-state index contributed by atoms with van der Waals surface area (Å²) in [4.78, 5) is 15.3. The van der Waals surface area contributed by atoms with E-state index in [9.17, 15) is 9.90 Å². The maximum Gasteiger partial charge on any atom is 0.223 e. The van der Waals surface area contributed by atoms with Crippen molar-refractivity contribution in [3.63, 3.8) is 0 Å². The molecule has 0 amide bonds. The van der Waals surface area contributed by atoms with E-state index < -0.39 is 0 Å². The van der Waals surface area contributed by atoms with Crippen molar-refractivity contribution in [3.05, 3.63) is 58.3 Å². The second-order valence-electron chi connectivity index (χ2n) is 3.62. The third kappa shape index (κ3) is 1.95. The van der Waals surface area contributed by atoms with Crippen LogP contribution >= 0.6 is 0 Å². The molecule has 0 aliphatic heterocycles. The smallest absolute Gasteiger partial charge is 0.223 e. The van der Waals surface area contributed by atoms with Gasteiger partial charge >= 0.3 is 0 Å². The molecule has 0 unspecified atom stereocenters. The van der Waals surface area contributed by atoms with Gasteiger partial charge in [0, 0.05) is 38.1 Å². The zero-order chi connectivity index (χ0) is 11.5. The van der Waals surface area contributed by atoms with Gasteiger partial charge in [0.1, 0.15) is 0 Å². The zero-order valence-corrected chi connectivity index (χ0v) is 8.92. The highest BCUT2D eigenvalue weighted by atomic mass is 16.3. The van der Waals surface area contributed by atoms with Crippen LogP contribution in [0.4, 0.5) is 0 Å². The normalized spacial score (nSPS) is 10.3. The van der Waals surface area contributed by atoms with Crippen molar-refractivity contribution in [2.24, 2.45) is 7.05 Å². The molecule has 0 bridgehead atoms. The molecule has 0 aromatic carbocycles.